The molecule has 0 bridgehead atoms. The van der Waals surface area contributed by atoms with Gasteiger partial charge in [0, 0.05) is 36.0 Å². The van der Waals surface area contributed by atoms with Gasteiger partial charge in [0.2, 0.25) is 0 Å². The minimum absolute atomic E-state index is 0.119. The van der Waals surface area contributed by atoms with E-state index < -0.39 is 0 Å². The second-order valence-corrected chi connectivity index (χ2v) is 8.46. The summed E-state index contributed by atoms with van der Waals surface area (Å²) in [6.45, 7) is 16.8. The van der Waals surface area contributed by atoms with Gasteiger partial charge in [-0.05, 0) is 12.3 Å². The van der Waals surface area contributed by atoms with Gasteiger partial charge in [0.15, 0.2) is 5.13 Å². The molecule has 20 heavy (non-hydrogen) atoms. The molecule has 1 atom stereocenters. The molecule has 0 saturated carbocycles. The predicted molar refractivity (Wildman–Crippen MR) is 88.8 cm³/mol. The molecule has 114 valence electrons. The second kappa shape index (κ2) is 6.02. The van der Waals surface area contributed by atoms with E-state index in [1.165, 1.54) is 22.1 Å². The average molecular weight is 295 g/mol. The fourth-order valence-corrected chi connectivity index (χ4v) is 3.84. The van der Waals surface area contributed by atoms with Crippen LogP contribution in [0.25, 0.3) is 0 Å². The Labute approximate surface area is 127 Å². The Morgan fingerprint density at radius 2 is 2.10 bits per heavy atom. The van der Waals surface area contributed by atoms with Crippen LogP contribution in [0.3, 0.4) is 0 Å². The van der Waals surface area contributed by atoms with Crippen LogP contribution in [-0.2, 0) is 12.0 Å². The van der Waals surface area contributed by atoms with Crippen LogP contribution in [-0.4, -0.2) is 24.1 Å². The summed E-state index contributed by atoms with van der Waals surface area (Å²) in [5, 5.41) is 4.76. The number of nitrogens with zero attached hydrogens (tertiary/aromatic N) is 2. The number of hydrogen-bond donors (Lipinski definition) is 1. The Morgan fingerprint density at radius 1 is 1.40 bits per heavy atom. The summed E-state index contributed by atoms with van der Waals surface area (Å²) in [6, 6.07) is 0.514. The number of rotatable bonds is 4. The summed E-state index contributed by atoms with van der Waals surface area (Å²) in [4.78, 5) is 8.85. The third-order valence-electron chi connectivity index (χ3n) is 3.76. The van der Waals surface area contributed by atoms with Crippen molar-refractivity contribution in [1.29, 1.82) is 0 Å². The summed E-state index contributed by atoms with van der Waals surface area (Å²) in [5.74, 6) is 0.800. The Hall–Kier alpha value is -0.610. The molecule has 4 heteroatoms. The largest absolute Gasteiger partial charge is 0.348 e. The fourth-order valence-electron chi connectivity index (χ4n) is 2.59. The normalized spacial score (nSPS) is 20.1. The van der Waals surface area contributed by atoms with Gasteiger partial charge in [0.25, 0.3) is 0 Å². The summed E-state index contributed by atoms with van der Waals surface area (Å²) in [6.07, 6.45) is 1.30. The lowest BCUT2D eigenvalue weighted by Crippen LogP contribution is -2.24. The quantitative estimate of drug-likeness (QED) is 0.916. The van der Waals surface area contributed by atoms with Gasteiger partial charge in [-0.25, -0.2) is 4.98 Å². The van der Waals surface area contributed by atoms with E-state index >= 15 is 0 Å². The smallest absolute Gasteiger partial charge is 0.185 e. The molecule has 3 nitrogen and oxygen atoms in total. The molecule has 1 unspecified atom stereocenters. The van der Waals surface area contributed by atoms with Gasteiger partial charge in [-0.15, -0.1) is 11.3 Å². The lowest BCUT2D eigenvalue weighted by molar-refractivity contribution is 0.546. The van der Waals surface area contributed by atoms with E-state index in [2.05, 4.69) is 51.8 Å². The maximum atomic E-state index is 4.98. The van der Waals surface area contributed by atoms with Crippen LogP contribution < -0.4 is 10.2 Å². The van der Waals surface area contributed by atoms with Crippen molar-refractivity contribution in [3.63, 3.8) is 0 Å². The highest BCUT2D eigenvalue weighted by Gasteiger charge is 2.27. The Kier molecular flexibility index (Phi) is 4.75. The number of nitrogens with one attached hydrogen (secondary N) is 1. The van der Waals surface area contributed by atoms with Gasteiger partial charge < -0.3 is 10.2 Å². The molecule has 1 aliphatic heterocycles. The molecule has 0 aromatic carbocycles. The lowest BCUT2D eigenvalue weighted by atomic mass is 9.91. The van der Waals surface area contributed by atoms with Crippen molar-refractivity contribution in [2.45, 2.75) is 66.0 Å². The van der Waals surface area contributed by atoms with Crippen molar-refractivity contribution in [2.24, 2.45) is 5.92 Å². The third-order valence-corrected chi connectivity index (χ3v) is 4.88. The van der Waals surface area contributed by atoms with Crippen molar-refractivity contribution in [1.82, 2.24) is 10.3 Å². The Bertz CT molecular complexity index is 445. The highest BCUT2D eigenvalue weighted by Crippen LogP contribution is 2.35. The maximum absolute atomic E-state index is 4.98. The average Bonchev–Trinajstić information content (AvgIpc) is 2.91. The predicted octanol–water partition coefficient (Wildman–Crippen LogP) is 3.78. The van der Waals surface area contributed by atoms with Crippen molar-refractivity contribution in [3.8, 4) is 0 Å². The molecule has 1 aromatic rings. The highest BCUT2D eigenvalue weighted by atomic mass is 32.1. The van der Waals surface area contributed by atoms with E-state index in [0.717, 1.165) is 25.6 Å². The van der Waals surface area contributed by atoms with E-state index in [1.807, 2.05) is 11.3 Å². The first-order valence-corrected chi connectivity index (χ1v) is 8.57. The van der Waals surface area contributed by atoms with Crippen LogP contribution in [0.4, 0.5) is 5.13 Å². The molecule has 0 amide bonds. The molecule has 1 saturated heterocycles. The topological polar surface area (TPSA) is 28.2 Å². The molecule has 2 heterocycles. The van der Waals surface area contributed by atoms with Crippen LogP contribution in [0, 0.1) is 5.92 Å². The zero-order valence-corrected chi connectivity index (χ0v) is 14.6. The number of hydrogen-bond acceptors (Lipinski definition) is 4. The third kappa shape index (κ3) is 3.73. The minimum atomic E-state index is 0.119. The van der Waals surface area contributed by atoms with E-state index in [0.29, 0.717) is 6.04 Å². The maximum Gasteiger partial charge on any atom is 0.185 e. The first kappa shape index (κ1) is 15.8. The SMILES string of the molecule is CC1CCN(c2nc(C(C)(C)C)c(CNC(C)C)s2)C1. The van der Waals surface area contributed by atoms with Gasteiger partial charge >= 0.3 is 0 Å². The standard InChI is InChI=1S/C16H29N3S/c1-11(2)17-9-13-14(16(4,5)6)18-15(20-13)19-8-7-12(3)10-19/h11-12,17H,7-10H2,1-6H3. The van der Waals surface area contributed by atoms with E-state index in [1.54, 1.807) is 0 Å². The first-order chi connectivity index (χ1) is 9.27. The van der Waals surface area contributed by atoms with Crippen molar-refractivity contribution in [2.75, 3.05) is 18.0 Å². The van der Waals surface area contributed by atoms with E-state index in [9.17, 15) is 0 Å². The first-order valence-electron chi connectivity index (χ1n) is 7.76. The summed E-state index contributed by atoms with van der Waals surface area (Å²) in [5.41, 5.74) is 1.39. The molecule has 1 fully saturated rings. The molecule has 1 aromatic heterocycles. The molecular weight excluding hydrogens is 266 g/mol. The van der Waals surface area contributed by atoms with Crippen LogP contribution >= 0.6 is 11.3 Å². The number of thiazole rings is 1. The van der Waals surface area contributed by atoms with Gasteiger partial charge in [0.1, 0.15) is 0 Å². The molecule has 1 N–H and O–H groups in total. The monoisotopic (exact) mass is 295 g/mol. The van der Waals surface area contributed by atoms with Crippen LogP contribution in [0.1, 0.15) is 58.5 Å². The Balaban J connectivity index is 2.22. The minimum Gasteiger partial charge on any atom is -0.348 e. The summed E-state index contributed by atoms with van der Waals surface area (Å²) in [7, 11) is 0. The Morgan fingerprint density at radius 3 is 2.60 bits per heavy atom. The summed E-state index contributed by atoms with van der Waals surface area (Å²) < 4.78 is 0. The van der Waals surface area contributed by atoms with Gasteiger partial charge in [-0.2, -0.15) is 0 Å². The zero-order valence-electron chi connectivity index (χ0n) is 13.8. The van der Waals surface area contributed by atoms with E-state index in [-0.39, 0.29) is 5.41 Å². The zero-order chi connectivity index (χ0) is 14.9. The molecule has 0 radical (unpaired) electrons. The molecule has 0 aliphatic carbocycles. The van der Waals surface area contributed by atoms with Gasteiger partial charge in [-0.3, -0.25) is 0 Å². The van der Waals surface area contributed by atoms with Crippen molar-refractivity contribution < 1.29 is 0 Å². The van der Waals surface area contributed by atoms with Crippen LogP contribution in [0.5, 0.6) is 0 Å². The van der Waals surface area contributed by atoms with Crippen LogP contribution in [0.15, 0.2) is 0 Å². The van der Waals surface area contributed by atoms with Crippen molar-refractivity contribution in [3.05, 3.63) is 10.6 Å². The lowest BCUT2D eigenvalue weighted by Gasteiger charge is -2.18. The van der Waals surface area contributed by atoms with Crippen molar-refractivity contribution >= 4 is 16.5 Å². The second-order valence-electron chi connectivity index (χ2n) is 7.39. The fraction of sp³-hybridized carbons (Fsp3) is 0.812. The molecular formula is C16H29N3S. The van der Waals surface area contributed by atoms with Gasteiger partial charge in [0.05, 0.1) is 5.69 Å². The molecule has 0 spiro atoms. The summed E-state index contributed by atoms with van der Waals surface area (Å²) >= 11 is 1.88. The molecule has 2 rings (SSSR count). The van der Waals surface area contributed by atoms with E-state index in [4.69, 9.17) is 4.98 Å². The highest BCUT2D eigenvalue weighted by molar-refractivity contribution is 7.15. The number of anilines is 1. The van der Waals surface area contributed by atoms with Gasteiger partial charge in [-0.1, -0.05) is 41.5 Å². The molecule has 1 aliphatic rings. The van der Waals surface area contributed by atoms with Crippen LogP contribution in [0.2, 0.25) is 0 Å². The number of aromatic nitrogens is 1.